The molecule has 98 valence electrons. The van der Waals surface area contributed by atoms with Crippen LogP contribution in [0, 0.1) is 0 Å². The van der Waals surface area contributed by atoms with Crippen LogP contribution in [0.3, 0.4) is 0 Å². The highest BCUT2D eigenvalue weighted by molar-refractivity contribution is 5.58. The predicted molar refractivity (Wildman–Crippen MR) is 75.9 cm³/mol. The molecule has 0 atom stereocenters. The number of nitrogens with one attached hydrogen (secondary N) is 1. The Kier molecular flexibility index (Phi) is 3.52. The summed E-state index contributed by atoms with van der Waals surface area (Å²) in [4.78, 5) is 5.11. The van der Waals surface area contributed by atoms with Crippen LogP contribution in [0.25, 0.3) is 0 Å². The van der Waals surface area contributed by atoms with Crippen molar-refractivity contribution in [2.75, 3.05) is 37.6 Å². The van der Waals surface area contributed by atoms with Gasteiger partial charge in [0.2, 0.25) is 0 Å². The van der Waals surface area contributed by atoms with E-state index in [9.17, 15) is 0 Å². The van der Waals surface area contributed by atoms with E-state index in [0.717, 1.165) is 39.3 Å². The fourth-order valence-electron chi connectivity index (χ4n) is 3.15. The van der Waals surface area contributed by atoms with E-state index in [4.69, 9.17) is 0 Å². The van der Waals surface area contributed by atoms with Gasteiger partial charge in [-0.25, -0.2) is 0 Å². The van der Waals surface area contributed by atoms with Gasteiger partial charge >= 0.3 is 0 Å². The lowest BCUT2D eigenvalue weighted by atomic mass is 10.1. The number of hydrogen-bond donors (Lipinski definition) is 1. The van der Waals surface area contributed by atoms with Crippen LogP contribution >= 0.6 is 0 Å². The molecule has 3 rings (SSSR count). The summed E-state index contributed by atoms with van der Waals surface area (Å²) in [5, 5.41) is 3.43. The van der Waals surface area contributed by atoms with E-state index in [0.29, 0.717) is 0 Å². The lowest BCUT2D eigenvalue weighted by molar-refractivity contribution is 0.285. The Morgan fingerprint density at radius 1 is 1.17 bits per heavy atom. The molecule has 2 aliphatic rings. The summed E-state index contributed by atoms with van der Waals surface area (Å²) in [5.41, 5.74) is 4.60. The molecule has 18 heavy (non-hydrogen) atoms. The molecule has 1 fully saturated rings. The van der Waals surface area contributed by atoms with E-state index < -0.39 is 0 Å². The summed E-state index contributed by atoms with van der Waals surface area (Å²) in [6.07, 6.45) is 1.25. The molecule has 0 amide bonds. The van der Waals surface area contributed by atoms with E-state index in [1.54, 1.807) is 11.1 Å². The largest absolute Gasteiger partial charge is 0.369 e. The molecule has 2 heterocycles. The Hall–Kier alpha value is -1.06. The molecular formula is C15H23N3. The summed E-state index contributed by atoms with van der Waals surface area (Å²) in [6.45, 7) is 10.3. The summed E-state index contributed by atoms with van der Waals surface area (Å²) >= 11 is 0. The maximum Gasteiger partial charge on any atom is 0.0416 e. The zero-order valence-corrected chi connectivity index (χ0v) is 11.3. The quantitative estimate of drug-likeness (QED) is 0.876. The van der Waals surface area contributed by atoms with Gasteiger partial charge in [-0.3, -0.25) is 4.90 Å². The van der Waals surface area contributed by atoms with Gasteiger partial charge in [-0.2, -0.15) is 0 Å². The van der Waals surface area contributed by atoms with Crippen molar-refractivity contribution < 1.29 is 0 Å². The highest BCUT2D eigenvalue weighted by atomic mass is 15.2. The predicted octanol–water partition coefficient (Wildman–Crippen LogP) is 1.82. The summed E-state index contributed by atoms with van der Waals surface area (Å²) in [5.74, 6) is 0. The minimum absolute atomic E-state index is 1.11. The van der Waals surface area contributed by atoms with Gasteiger partial charge in [0.15, 0.2) is 0 Å². The Labute approximate surface area is 110 Å². The number of fused-ring (bicyclic) bond motifs is 1. The lowest BCUT2D eigenvalue weighted by Gasteiger charge is -2.31. The number of rotatable bonds is 3. The van der Waals surface area contributed by atoms with Gasteiger partial charge < -0.3 is 10.2 Å². The fraction of sp³-hybridized carbons (Fsp3) is 0.600. The molecule has 0 bridgehead atoms. The van der Waals surface area contributed by atoms with Crippen LogP contribution in [0.1, 0.15) is 24.5 Å². The van der Waals surface area contributed by atoms with Crippen molar-refractivity contribution in [1.82, 2.24) is 10.2 Å². The first-order valence-corrected chi connectivity index (χ1v) is 7.17. The first-order valence-electron chi connectivity index (χ1n) is 7.17. The molecular weight excluding hydrogens is 222 g/mol. The van der Waals surface area contributed by atoms with Gasteiger partial charge in [0, 0.05) is 45.0 Å². The Bertz CT molecular complexity index is 410. The molecule has 1 saturated heterocycles. The number of hydrogen-bond acceptors (Lipinski definition) is 3. The molecule has 0 saturated carbocycles. The van der Waals surface area contributed by atoms with Crippen LogP contribution in [0.15, 0.2) is 18.2 Å². The maximum absolute atomic E-state index is 3.43. The maximum atomic E-state index is 3.43. The lowest BCUT2D eigenvalue weighted by Crippen LogP contribution is -2.43. The van der Waals surface area contributed by atoms with Gasteiger partial charge in [0.1, 0.15) is 0 Å². The van der Waals surface area contributed by atoms with Crippen LogP contribution in [-0.4, -0.2) is 37.6 Å². The molecule has 3 nitrogen and oxygen atoms in total. The topological polar surface area (TPSA) is 18.5 Å². The van der Waals surface area contributed by atoms with Crippen molar-refractivity contribution >= 4 is 5.69 Å². The molecule has 3 heteroatoms. The third kappa shape index (κ3) is 2.25. The molecule has 0 unspecified atom stereocenters. The summed E-state index contributed by atoms with van der Waals surface area (Å²) < 4.78 is 0. The second kappa shape index (κ2) is 5.29. The Balaban J connectivity index is 1.83. The smallest absolute Gasteiger partial charge is 0.0416 e. The molecule has 0 aliphatic carbocycles. The number of benzene rings is 1. The van der Waals surface area contributed by atoms with Gasteiger partial charge in [-0.05, 0) is 30.2 Å². The van der Waals surface area contributed by atoms with Gasteiger partial charge in [0.25, 0.3) is 0 Å². The normalized spacial score (nSPS) is 20.2. The third-order valence-electron chi connectivity index (χ3n) is 4.02. The SMILES string of the molecule is CCCN1Cc2cccc(N3CCNCC3)c2C1. The van der Waals surface area contributed by atoms with E-state index >= 15 is 0 Å². The van der Waals surface area contributed by atoms with E-state index in [1.807, 2.05) is 0 Å². The van der Waals surface area contributed by atoms with E-state index in [2.05, 4.69) is 40.2 Å². The molecule has 2 aliphatic heterocycles. The Morgan fingerprint density at radius 3 is 2.78 bits per heavy atom. The monoisotopic (exact) mass is 245 g/mol. The molecule has 1 aromatic rings. The molecule has 0 aromatic heterocycles. The van der Waals surface area contributed by atoms with E-state index in [-0.39, 0.29) is 0 Å². The first kappa shape index (κ1) is 12.0. The molecule has 0 radical (unpaired) electrons. The number of nitrogens with zero attached hydrogens (tertiary/aromatic N) is 2. The highest BCUT2D eigenvalue weighted by Crippen LogP contribution is 2.31. The van der Waals surface area contributed by atoms with Crippen molar-refractivity contribution in [3.05, 3.63) is 29.3 Å². The van der Waals surface area contributed by atoms with Gasteiger partial charge in [0.05, 0.1) is 0 Å². The van der Waals surface area contributed by atoms with Crippen molar-refractivity contribution in [2.45, 2.75) is 26.4 Å². The Morgan fingerprint density at radius 2 is 2.00 bits per heavy atom. The van der Waals surface area contributed by atoms with Crippen LogP contribution in [0.4, 0.5) is 5.69 Å². The van der Waals surface area contributed by atoms with Crippen molar-refractivity contribution in [2.24, 2.45) is 0 Å². The highest BCUT2D eigenvalue weighted by Gasteiger charge is 2.23. The standard InChI is InChI=1S/C15H23N3/c1-2-8-17-11-13-4-3-5-15(14(13)12-17)18-9-6-16-7-10-18/h3-5,16H,2,6-12H2,1H3. The second-order valence-electron chi connectivity index (χ2n) is 5.36. The van der Waals surface area contributed by atoms with Gasteiger partial charge in [-0.1, -0.05) is 19.1 Å². The minimum Gasteiger partial charge on any atom is -0.369 e. The van der Waals surface area contributed by atoms with Crippen molar-refractivity contribution in [3.63, 3.8) is 0 Å². The van der Waals surface area contributed by atoms with Crippen LogP contribution in [0.5, 0.6) is 0 Å². The third-order valence-corrected chi connectivity index (χ3v) is 4.02. The van der Waals surface area contributed by atoms with Gasteiger partial charge in [-0.15, -0.1) is 0 Å². The summed E-state index contributed by atoms with van der Waals surface area (Å²) in [7, 11) is 0. The van der Waals surface area contributed by atoms with Crippen LogP contribution in [-0.2, 0) is 13.1 Å². The molecule has 1 N–H and O–H groups in total. The second-order valence-corrected chi connectivity index (χ2v) is 5.36. The zero-order chi connectivity index (χ0) is 12.4. The zero-order valence-electron chi connectivity index (χ0n) is 11.3. The van der Waals surface area contributed by atoms with E-state index in [1.165, 1.54) is 18.7 Å². The van der Waals surface area contributed by atoms with Crippen LogP contribution < -0.4 is 10.2 Å². The number of anilines is 1. The average molecular weight is 245 g/mol. The minimum atomic E-state index is 1.11. The van der Waals surface area contributed by atoms with Crippen LogP contribution in [0.2, 0.25) is 0 Å². The number of piperazine rings is 1. The summed E-state index contributed by atoms with van der Waals surface area (Å²) in [6, 6.07) is 6.84. The van der Waals surface area contributed by atoms with Crippen molar-refractivity contribution in [1.29, 1.82) is 0 Å². The average Bonchev–Trinajstić information content (AvgIpc) is 2.82. The van der Waals surface area contributed by atoms with Crippen molar-refractivity contribution in [3.8, 4) is 0 Å². The first-order chi connectivity index (χ1) is 8.88. The fourth-order valence-corrected chi connectivity index (χ4v) is 3.15. The molecule has 0 spiro atoms. The molecule has 1 aromatic carbocycles.